The number of nitrogens with one attached hydrogen (secondary N) is 1. The molecule has 0 amide bonds. The first kappa shape index (κ1) is 8.50. The molecular weight excluding hydrogens is 168 g/mol. The zero-order valence-corrected chi connectivity index (χ0v) is 7.87. The summed E-state index contributed by atoms with van der Waals surface area (Å²) in [5.41, 5.74) is 5.70. The molecule has 1 atom stereocenters. The van der Waals surface area contributed by atoms with Gasteiger partial charge >= 0.3 is 6.01 Å². The van der Waals surface area contributed by atoms with E-state index in [0.717, 1.165) is 6.42 Å². The number of aromatic nitrogens is 2. The number of hydrogen-bond donors (Lipinski definition) is 2. The standard InChI is InChI=1S/C8H14N4O/c1-8(2)3-5(8)10-7-12-11-6(4-9)13-7/h5H,3-4,9H2,1-2H3,(H,10,12). The lowest BCUT2D eigenvalue weighted by Gasteiger charge is -2.01. The van der Waals surface area contributed by atoms with Crippen molar-refractivity contribution in [3.63, 3.8) is 0 Å². The molecule has 0 saturated heterocycles. The Morgan fingerprint density at radius 1 is 1.62 bits per heavy atom. The molecule has 5 nitrogen and oxygen atoms in total. The van der Waals surface area contributed by atoms with Gasteiger partial charge in [-0.3, -0.25) is 0 Å². The molecule has 3 N–H and O–H groups in total. The highest BCUT2D eigenvalue weighted by Crippen LogP contribution is 2.46. The van der Waals surface area contributed by atoms with Gasteiger partial charge in [-0.1, -0.05) is 18.9 Å². The summed E-state index contributed by atoms with van der Waals surface area (Å²) in [5, 5.41) is 10.7. The Labute approximate surface area is 76.7 Å². The zero-order chi connectivity index (χ0) is 9.47. The monoisotopic (exact) mass is 182 g/mol. The molecule has 0 radical (unpaired) electrons. The van der Waals surface area contributed by atoms with Crippen molar-refractivity contribution in [2.75, 3.05) is 5.32 Å². The van der Waals surface area contributed by atoms with Gasteiger partial charge in [0.1, 0.15) is 0 Å². The van der Waals surface area contributed by atoms with Crippen molar-refractivity contribution in [3.05, 3.63) is 5.89 Å². The van der Waals surface area contributed by atoms with Gasteiger partial charge < -0.3 is 15.5 Å². The molecule has 1 saturated carbocycles. The Hall–Kier alpha value is -1.10. The van der Waals surface area contributed by atoms with Gasteiger partial charge in [-0.15, -0.1) is 5.10 Å². The van der Waals surface area contributed by atoms with Crippen LogP contribution in [-0.2, 0) is 6.54 Å². The van der Waals surface area contributed by atoms with Gasteiger partial charge in [0.2, 0.25) is 5.89 Å². The highest BCUT2D eigenvalue weighted by atomic mass is 16.4. The fourth-order valence-corrected chi connectivity index (χ4v) is 1.26. The van der Waals surface area contributed by atoms with Crippen LogP contribution in [0.1, 0.15) is 26.2 Å². The largest absolute Gasteiger partial charge is 0.407 e. The maximum absolute atomic E-state index is 5.34. The van der Waals surface area contributed by atoms with E-state index < -0.39 is 0 Å². The molecule has 1 fully saturated rings. The average Bonchev–Trinajstić information content (AvgIpc) is 2.48. The summed E-state index contributed by atoms with van der Waals surface area (Å²) in [6.07, 6.45) is 1.15. The second kappa shape index (κ2) is 2.70. The molecule has 2 rings (SSSR count). The van der Waals surface area contributed by atoms with E-state index in [4.69, 9.17) is 10.2 Å². The van der Waals surface area contributed by atoms with Crippen molar-refractivity contribution in [1.29, 1.82) is 0 Å². The average molecular weight is 182 g/mol. The van der Waals surface area contributed by atoms with Crippen molar-refractivity contribution in [2.45, 2.75) is 32.9 Å². The summed E-state index contributed by atoms with van der Waals surface area (Å²) in [6.45, 7) is 4.69. The summed E-state index contributed by atoms with van der Waals surface area (Å²) in [7, 11) is 0. The summed E-state index contributed by atoms with van der Waals surface area (Å²) in [4.78, 5) is 0. The van der Waals surface area contributed by atoms with Crippen LogP contribution in [0, 0.1) is 5.41 Å². The second-order valence-electron chi connectivity index (χ2n) is 4.09. The third kappa shape index (κ3) is 1.65. The number of nitrogens with two attached hydrogens (primary N) is 1. The molecular formula is C8H14N4O. The molecule has 0 aromatic carbocycles. The van der Waals surface area contributed by atoms with Gasteiger partial charge in [0.25, 0.3) is 0 Å². The molecule has 13 heavy (non-hydrogen) atoms. The minimum atomic E-state index is 0.294. The maximum Gasteiger partial charge on any atom is 0.315 e. The quantitative estimate of drug-likeness (QED) is 0.721. The Balaban J connectivity index is 1.96. The third-order valence-corrected chi connectivity index (χ3v) is 2.45. The van der Waals surface area contributed by atoms with Gasteiger partial charge in [0, 0.05) is 6.04 Å². The maximum atomic E-state index is 5.34. The number of nitrogens with zero attached hydrogens (tertiary/aromatic N) is 2. The molecule has 1 aromatic heterocycles. The van der Waals surface area contributed by atoms with Crippen LogP contribution in [0.2, 0.25) is 0 Å². The van der Waals surface area contributed by atoms with Gasteiger partial charge in [-0.2, -0.15) is 0 Å². The van der Waals surface area contributed by atoms with Crippen molar-refractivity contribution in [1.82, 2.24) is 10.2 Å². The Bertz CT molecular complexity index is 307. The molecule has 0 spiro atoms. The first-order valence-electron chi connectivity index (χ1n) is 4.41. The molecule has 0 aliphatic heterocycles. The Kier molecular flexibility index (Phi) is 1.76. The Morgan fingerprint density at radius 2 is 2.31 bits per heavy atom. The van der Waals surface area contributed by atoms with E-state index in [1.165, 1.54) is 0 Å². The Morgan fingerprint density at radius 3 is 2.77 bits per heavy atom. The normalized spacial score (nSPS) is 24.4. The van der Waals surface area contributed by atoms with E-state index in [1.54, 1.807) is 0 Å². The van der Waals surface area contributed by atoms with E-state index >= 15 is 0 Å². The molecule has 1 aliphatic rings. The third-order valence-electron chi connectivity index (χ3n) is 2.45. The van der Waals surface area contributed by atoms with Crippen LogP contribution in [0.25, 0.3) is 0 Å². The molecule has 1 aliphatic carbocycles. The molecule has 5 heteroatoms. The van der Waals surface area contributed by atoms with Crippen LogP contribution in [0.5, 0.6) is 0 Å². The van der Waals surface area contributed by atoms with Crippen molar-refractivity contribution in [3.8, 4) is 0 Å². The molecule has 0 bridgehead atoms. The van der Waals surface area contributed by atoms with Crippen LogP contribution in [-0.4, -0.2) is 16.2 Å². The van der Waals surface area contributed by atoms with Crippen LogP contribution in [0.15, 0.2) is 4.42 Å². The lowest BCUT2D eigenvalue weighted by atomic mass is 10.2. The van der Waals surface area contributed by atoms with Crippen LogP contribution < -0.4 is 11.1 Å². The summed E-state index contributed by atoms with van der Waals surface area (Å²) >= 11 is 0. The summed E-state index contributed by atoms with van der Waals surface area (Å²) < 4.78 is 5.22. The van der Waals surface area contributed by atoms with Crippen molar-refractivity contribution >= 4 is 6.01 Å². The molecule has 1 aromatic rings. The van der Waals surface area contributed by atoms with Gasteiger partial charge in [0.15, 0.2) is 0 Å². The predicted molar refractivity (Wildman–Crippen MR) is 48.0 cm³/mol. The SMILES string of the molecule is CC1(C)CC1Nc1nnc(CN)o1. The first-order valence-corrected chi connectivity index (χ1v) is 4.41. The highest BCUT2D eigenvalue weighted by molar-refractivity contribution is 5.26. The van der Waals surface area contributed by atoms with Gasteiger partial charge in [0.05, 0.1) is 6.54 Å². The van der Waals surface area contributed by atoms with E-state index in [2.05, 4.69) is 29.4 Å². The van der Waals surface area contributed by atoms with Crippen molar-refractivity contribution < 1.29 is 4.42 Å². The predicted octanol–water partition coefficient (Wildman–Crippen LogP) is 0.739. The zero-order valence-electron chi connectivity index (χ0n) is 7.87. The van der Waals surface area contributed by atoms with E-state index in [9.17, 15) is 0 Å². The number of rotatable bonds is 3. The number of hydrogen-bond acceptors (Lipinski definition) is 5. The van der Waals surface area contributed by atoms with E-state index in [0.29, 0.717) is 29.9 Å². The topological polar surface area (TPSA) is 77.0 Å². The van der Waals surface area contributed by atoms with Crippen LogP contribution in [0.3, 0.4) is 0 Å². The fourth-order valence-electron chi connectivity index (χ4n) is 1.26. The minimum Gasteiger partial charge on any atom is -0.407 e. The first-order chi connectivity index (χ1) is 6.12. The second-order valence-corrected chi connectivity index (χ2v) is 4.09. The van der Waals surface area contributed by atoms with E-state index in [-0.39, 0.29) is 0 Å². The molecule has 1 heterocycles. The van der Waals surface area contributed by atoms with Crippen LogP contribution >= 0.6 is 0 Å². The van der Waals surface area contributed by atoms with Gasteiger partial charge in [-0.05, 0) is 11.8 Å². The van der Waals surface area contributed by atoms with E-state index in [1.807, 2.05) is 0 Å². The highest BCUT2D eigenvalue weighted by Gasteiger charge is 2.46. The van der Waals surface area contributed by atoms with Gasteiger partial charge in [-0.25, -0.2) is 0 Å². The fraction of sp³-hybridized carbons (Fsp3) is 0.750. The van der Waals surface area contributed by atoms with Crippen LogP contribution in [0.4, 0.5) is 6.01 Å². The molecule has 72 valence electrons. The summed E-state index contributed by atoms with van der Waals surface area (Å²) in [6, 6.07) is 0.939. The lowest BCUT2D eigenvalue weighted by molar-refractivity contribution is 0.502. The van der Waals surface area contributed by atoms with Crippen molar-refractivity contribution in [2.24, 2.45) is 11.1 Å². The molecule has 1 unspecified atom stereocenters. The minimum absolute atomic E-state index is 0.294. The number of anilines is 1. The lowest BCUT2D eigenvalue weighted by Crippen LogP contribution is -2.08. The smallest absolute Gasteiger partial charge is 0.315 e. The summed E-state index contributed by atoms with van der Waals surface area (Å²) in [5.74, 6) is 0.473.